The summed E-state index contributed by atoms with van der Waals surface area (Å²) in [5.74, 6) is -0.154. The fourth-order valence-corrected chi connectivity index (χ4v) is 3.09. The fourth-order valence-electron chi connectivity index (χ4n) is 2.17. The van der Waals surface area contributed by atoms with Crippen molar-refractivity contribution in [3.63, 3.8) is 0 Å². The molecule has 2 unspecified atom stereocenters. The molecule has 18 heavy (non-hydrogen) atoms. The standard InChI is InChI=1S/C13H14BrCl2NO/c14-9-5-3-4-8(12(9)16)13(18)17-11-7-2-1-6-10(11)15/h3-5,10-11H,1-2,6-7H2,(H,17,18). The van der Waals surface area contributed by atoms with Gasteiger partial charge in [-0.3, -0.25) is 4.79 Å². The van der Waals surface area contributed by atoms with E-state index in [1.54, 1.807) is 12.1 Å². The van der Waals surface area contributed by atoms with Crippen LogP contribution in [-0.2, 0) is 0 Å². The molecule has 0 aromatic heterocycles. The number of hydrogen-bond donors (Lipinski definition) is 1. The summed E-state index contributed by atoms with van der Waals surface area (Å²) in [4.78, 5) is 12.2. The number of nitrogens with one attached hydrogen (secondary N) is 1. The third kappa shape index (κ3) is 3.19. The third-order valence-corrected chi connectivity index (χ3v) is 5.01. The maximum absolute atomic E-state index is 12.2. The molecule has 1 amide bonds. The van der Waals surface area contributed by atoms with Crippen LogP contribution in [0.3, 0.4) is 0 Å². The van der Waals surface area contributed by atoms with E-state index < -0.39 is 0 Å². The predicted molar refractivity (Wildman–Crippen MR) is 78.5 cm³/mol. The van der Waals surface area contributed by atoms with E-state index in [2.05, 4.69) is 21.2 Å². The molecule has 1 fully saturated rings. The summed E-state index contributed by atoms with van der Waals surface area (Å²) in [5, 5.41) is 3.44. The molecule has 98 valence electrons. The third-order valence-electron chi connectivity index (χ3n) is 3.19. The van der Waals surface area contributed by atoms with E-state index in [4.69, 9.17) is 23.2 Å². The number of amides is 1. The Balaban J connectivity index is 2.09. The van der Waals surface area contributed by atoms with Gasteiger partial charge in [0.2, 0.25) is 0 Å². The minimum atomic E-state index is -0.154. The van der Waals surface area contributed by atoms with E-state index in [0.717, 1.165) is 30.2 Å². The van der Waals surface area contributed by atoms with Crippen LogP contribution in [0.15, 0.2) is 22.7 Å². The molecular formula is C13H14BrCl2NO. The number of halogens is 3. The van der Waals surface area contributed by atoms with Crippen LogP contribution in [0.5, 0.6) is 0 Å². The van der Waals surface area contributed by atoms with E-state index in [1.807, 2.05) is 6.07 Å². The van der Waals surface area contributed by atoms with E-state index >= 15 is 0 Å². The number of carbonyl (C=O) groups is 1. The molecule has 0 spiro atoms. The molecular weight excluding hydrogens is 337 g/mol. The van der Waals surface area contributed by atoms with Gasteiger partial charge in [-0.15, -0.1) is 11.6 Å². The number of hydrogen-bond acceptors (Lipinski definition) is 1. The molecule has 0 heterocycles. The summed E-state index contributed by atoms with van der Waals surface area (Å²) in [5.41, 5.74) is 0.487. The maximum Gasteiger partial charge on any atom is 0.253 e. The van der Waals surface area contributed by atoms with E-state index in [-0.39, 0.29) is 17.3 Å². The molecule has 1 aliphatic carbocycles. The number of carbonyl (C=O) groups excluding carboxylic acids is 1. The lowest BCUT2D eigenvalue weighted by atomic mass is 9.94. The SMILES string of the molecule is O=C(NC1CCCCC1Cl)c1cccc(Br)c1Cl. The summed E-state index contributed by atoms with van der Waals surface area (Å²) in [6.45, 7) is 0. The van der Waals surface area contributed by atoms with Crippen molar-refractivity contribution in [1.82, 2.24) is 5.32 Å². The van der Waals surface area contributed by atoms with Crippen LogP contribution in [0.1, 0.15) is 36.0 Å². The van der Waals surface area contributed by atoms with E-state index in [9.17, 15) is 4.79 Å². The Morgan fingerprint density at radius 2 is 2.06 bits per heavy atom. The van der Waals surface area contributed by atoms with Crippen LogP contribution in [0.2, 0.25) is 5.02 Å². The molecule has 0 saturated heterocycles. The Morgan fingerprint density at radius 1 is 1.33 bits per heavy atom. The lowest BCUT2D eigenvalue weighted by Crippen LogP contribution is -2.42. The fraction of sp³-hybridized carbons (Fsp3) is 0.462. The first-order valence-corrected chi connectivity index (χ1v) is 7.59. The quantitative estimate of drug-likeness (QED) is 0.788. The normalized spacial score (nSPS) is 23.7. The molecule has 0 aliphatic heterocycles. The monoisotopic (exact) mass is 349 g/mol. The van der Waals surface area contributed by atoms with Crippen molar-refractivity contribution in [2.24, 2.45) is 0 Å². The first-order valence-electron chi connectivity index (χ1n) is 5.98. The number of alkyl halides is 1. The molecule has 2 nitrogen and oxygen atoms in total. The first kappa shape index (κ1) is 14.2. The molecule has 2 atom stereocenters. The molecule has 5 heteroatoms. The Bertz CT molecular complexity index is 453. The molecule has 1 N–H and O–H groups in total. The van der Waals surface area contributed by atoms with Crippen LogP contribution in [0, 0.1) is 0 Å². The van der Waals surface area contributed by atoms with Gasteiger partial charge in [0.25, 0.3) is 5.91 Å². The molecule has 0 bridgehead atoms. The summed E-state index contributed by atoms with van der Waals surface area (Å²) in [7, 11) is 0. The highest BCUT2D eigenvalue weighted by Gasteiger charge is 2.25. The van der Waals surface area contributed by atoms with Gasteiger partial charge in [-0.25, -0.2) is 0 Å². The summed E-state index contributed by atoms with van der Waals surface area (Å²) in [6.07, 6.45) is 4.14. The zero-order valence-electron chi connectivity index (χ0n) is 9.76. The maximum atomic E-state index is 12.2. The van der Waals surface area contributed by atoms with Gasteiger partial charge < -0.3 is 5.32 Å². The Hall–Kier alpha value is -0.250. The topological polar surface area (TPSA) is 29.1 Å². The van der Waals surface area contributed by atoms with Crippen molar-refractivity contribution in [3.8, 4) is 0 Å². The molecule has 1 aromatic rings. The van der Waals surface area contributed by atoms with Crippen molar-refractivity contribution in [1.29, 1.82) is 0 Å². The minimum absolute atomic E-state index is 0.0219. The second-order valence-corrected chi connectivity index (χ2v) is 6.27. The predicted octanol–water partition coefficient (Wildman–Crippen LogP) is 4.38. The average Bonchev–Trinajstić information content (AvgIpc) is 2.35. The largest absolute Gasteiger partial charge is 0.348 e. The van der Waals surface area contributed by atoms with Crippen LogP contribution in [0.25, 0.3) is 0 Å². The van der Waals surface area contributed by atoms with Crippen molar-refractivity contribution in [3.05, 3.63) is 33.3 Å². The highest BCUT2D eigenvalue weighted by atomic mass is 79.9. The van der Waals surface area contributed by atoms with Gasteiger partial charge in [0.05, 0.1) is 16.0 Å². The van der Waals surface area contributed by atoms with Gasteiger partial charge in [0.1, 0.15) is 0 Å². The van der Waals surface area contributed by atoms with Crippen molar-refractivity contribution in [2.75, 3.05) is 0 Å². The van der Waals surface area contributed by atoms with Gasteiger partial charge in [-0.2, -0.15) is 0 Å². The molecule has 0 radical (unpaired) electrons. The smallest absolute Gasteiger partial charge is 0.253 e. The van der Waals surface area contributed by atoms with Gasteiger partial charge in [-0.1, -0.05) is 30.5 Å². The summed E-state index contributed by atoms with van der Waals surface area (Å²) in [6, 6.07) is 5.37. The van der Waals surface area contributed by atoms with E-state index in [0.29, 0.717) is 10.6 Å². The minimum Gasteiger partial charge on any atom is -0.348 e. The van der Waals surface area contributed by atoms with Gasteiger partial charge >= 0.3 is 0 Å². The Labute approximate surface area is 125 Å². The summed E-state index contributed by atoms with van der Waals surface area (Å²) < 4.78 is 0.725. The molecule has 1 aromatic carbocycles. The Morgan fingerprint density at radius 3 is 2.78 bits per heavy atom. The molecule has 1 aliphatic rings. The summed E-state index contributed by atoms with van der Waals surface area (Å²) >= 11 is 15.6. The number of benzene rings is 1. The van der Waals surface area contributed by atoms with Crippen LogP contribution in [-0.4, -0.2) is 17.3 Å². The average molecular weight is 351 g/mol. The Kier molecular flexibility index (Phi) is 4.93. The van der Waals surface area contributed by atoms with Crippen molar-refractivity contribution in [2.45, 2.75) is 37.1 Å². The molecule has 1 saturated carbocycles. The van der Waals surface area contributed by atoms with Gasteiger partial charge in [0, 0.05) is 10.5 Å². The van der Waals surface area contributed by atoms with Crippen LogP contribution in [0.4, 0.5) is 0 Å². The first-order chi connectivity index (χ1) is 8.59. The molecule has 2 rings (SSSR count). The van der Waals surface area contributed by atoms with Crippen LogP contribution < -0.4 is 5.32 Å². The second-order valence-electron chi connectivity index (χ2n) is 4.48. The lowest BCUT2D eigenvalue weighted by Gasteiger charge is -2.28. The second kappa shape index (κ2) is 6.27. The highest BCUT2D eigenvalue weighted by Crippen LogP contribution is 2.27. The van der Waals surface area contributed by atoms with Crippen LogP contribution >= 0.6 is 39.1 Å². The zero-order valence-corrected chi connectivity index (χ0v) is 12.9. The van der Waals surface area contributed by atoms with Gasteiger partial charge in [0.15, 0.2) is 0 Å². The van der Waals surface area contributed by atoms with Crippen molar-refractivity contribution < 1.29 is 4.79 Å². The van der Waals surface area contributed by atoms with Gasteiger partial charge in [-0.05, 0) is 40.9 Å². The van der Waals surface area contributed by atoms with Crippen molar-refractivity contribution >= 4 is 45.0 Å². The zero-order chi connectivity index (χ0) is 13.1. The van der Waals surface area contributed by atoms with E-state index in [1.165, 1.54) is 0 Å². The lowest BCUT2D eigenvalue weighted by molar-refractivity contribution is 0.0929. The number of rotatable bonds is 2. The highest BCUT2D eigenvalue weighted by molar-refractivity contribution is 9.10.